The lowest BCUT2D eigenvalue weighted by molar-refractivity contribution is -0.540. The number of benzene rings is 3. The molecule has 1 unspecified atom stereocenters. The fraction of sp³-hybridized carbons (Fsp3) is 0.412. The van der Waals surface area contributed by atoms with Crippen LogP contribution in [0.2, 0.25) is 0 Å². The summed E-state index contributed by atoms with van der Waals surface area (Å²) in [4.78, 5) is 2.68. The van der Waals surface area contributed by atoms with E-state index in [-0.39, 0.29) is 10.8 Å². The second kappa shape index (κ2) is 10.6. The van der Waals surface area contributed by atoms with Gasteiger partial charge in [0, 0.05) is 34.3 Å². The molecule has 0 aromatic heterocycles. The fourth-order valence-corrected chi connectivity index (χ4v) is 7.03. The number of nitrogens with two attached hydrogens (primary N) is 1. The first kappa shape index (κ1) is 24.8. The standard InChI is InChI=1S/C34H42N2/c1-4-25-36-31-20-12-10-18-29(31)34(22-13-6-14-23-34)32(36)21-24-33(2,26-27-15-7-5-8-16-27)28-17-9-11-19-30(28)35-3/h5,7-12,15-21,35H,4,6,13-14,22-26H2,1-3H3/p+1/b32-21+. The zero-order chi connectivity index (χ0) is 25.0. The molecule has 2 nitrogen and oxygen atoms in total. The average Bonchev–Trinajstić information content (AvgIpc) is 3.17. The van der Waals surface area contributed by atoms with E-state index in [2.05, 4.69) is 116 Å². The Kier molecular flexibility index (Phi) is 7.34. The maximum absolute atomic E-state index is 2.68. The Morgan fingerprint density at radius 1 is 0.889 bits per heavy atom. The van der Waals surface area contributed by atoms with E-state index in [4.69, 9.17) is 0 Å². The predicted octanol–water partition coefficient (Wildman–Crippen LogP) is 7.42. The summed E-state index contributed by atoms with van der Waals surface area (Å²) in [5, 5.41) is 2.28. The predicted molar refractivity (Wildman–Crippen MR) is 153 cm³/mol. The van der Waals surface area contributed by atoms with Gasteiger partial charge in [0.05, 0.1) is 7.05 Å². The Labute approximate surface area is 218 Å². The fourth-order valence-electron chi connectivity index (χ4n) is 7.03. The van der Waals surface area contributed by atoms with Crippen LogP contribution < -0.4 is 10.2 Å². The van der Waals surface area contributed by atoms with Crippen molar-refractivity contribution in [2.45, 2.75) is 76.0 Å². The quantitative estimate of drug-likeness (QED) is 0.333. The van der Waals surface area contributed by atoms with Crippen LogP contribution in [0.1, 0.15) is 75.5 Å². The molecular weight excluding hydrogens is 436 g/mol. The van der Waals surface area contributed by atoms with Gasteiger partial charge in [0.1, 0.15) is 5.69 Å². The summed E-state index contributed by atoms with van der Waals surface area (Å²) >= 11 is 0. The van der Waals surface area contributed by atoms with Crippen LogP contribution in [0.15, 0.2) is 90.6 Å². The highest BCUT2D eigenvalue weighted by atomic mass is 15.2. The van der Waals surface area contributed by atoms with Gasteiger partial charge in [0.15, 0.2) is 0 Å². The van der Waals surface area contributed by atoms with E-state index >= 15 is 0 Å². The molecule has 1 atom stereocenters. The summed E-state index contributed by atoms with van der Waals surface area (Å²) in [6.45, 7) is 5.90. The van der Waals surface area contributed by atoms with Gasteiger partial charge in [0.25, 0.3) is 0 Å². The summed E-state index contributed by atoms with van der Waals surface area (Å²) in [5.41, 5.74) is 9.06. The molecule has 1 aliphatic heterocycles. The number of fused-ring (bicyclic) bond motifs is 2. The molecular formula is C34H43N2+. The molecule has 0 saturated heterocycles. The Bertz CT molecular complexity index is 1190. The summed E-state index contributed by atoms with van der Waals surface area (Å²) < 4.78 is 0. The van der Waals surface area contributed by atoms with Crippen LogP contribution in [-0.4, -0.2) is 13.6 Å². The number of anilines is 1. The van der Waals surface area contributed by atoms with Gasteiger partial charge in [-0.3, -0.25) is 0 Å². The largest absolute Gasteiger partial charge is 0.344 e. The lowest BCUT2D eigenvalue weighted by atomic mass is 9.67. The van der Waals surface area contributed by atoms with E-state index in [9.17, 15) is 0 Å². The molecule has 2 aliphatic rings. The van der Waals surface area contributed by atoms with Gasteiger partial charge < -0.3 is 10.2 Å². The lowest BCUT2D eigenvalue weighted by Crippen LogP contribution is -2.73. The van der Waals surface area contributed by atoms with E-state index in [1.54, 1.807) is 11.3 Å². The lowest BCUT2D eigenvalue weighted by Gasteiger charge is -2.38. The monoisotopic (exact) mass is 479 g/mol. The zero-order valence-electron chi connectivity index (χ0n) is 22.5. The number of para-hydroxylation sites is 2. The number of hydrogen-bond donors (Lipinski definition) is 1. The van der Waals surface area contributed by atoms with E-state index in [1.807, 2.05) is 0 Å². The number of nitrogens with zero attached hydrogens (tertiary/aromatic N) is 1. The number of quaternary nitrogens is 1. The molecule has 0 bridgehead atoms. The van der Waals surface area contributed by atoms with Crippen LogP contribution in [0.5, 0.6) is 0 Å². The van der Waals surface area contributed by atoms with Crippen molar-refractivity contribution in [3.63, 3.8) is 0 Å². The molecule has 1 saturated carbocycles. The van der Waals surface area contributed by atoms with Crippen molar-refractivity contribution >= 4 is 11.4 Å². The van der Waals surface area contributed by atoms with Crippen molar-refractivity contribution in [1.29, 1.82) is 0 Å². The minimum Gasteiger partial charge on any atom is -0.344 e. The van der Waals surface area contributed by atoms with Crippen LogP contribution in [0.25, 0.3) is 0 Å². The van der Waals surface area contributed by atoms with Crippen molar-refractivity contribution in [1.82, 2.24) is 0 Å². The molecule has 0 amide bonds. The van der Waals surface area contributed by atoms with Gasteiger partial charge in [-0.25, -0.2) is 0 Å². The first-order chi connectivity index (χ1) is 17.6. The van der Waals surface area contributed by atoms with E-state index in [0.717, 1.165) is 25.8 Å². The Balaban J connectivity index is 1.60. The van der Waals surface area contributed by atoms with Crippen molar-refractivity contribution in [2.24, 2.45) is 0 Å². The first-order valence-electron chi connectivity index (χ1n) is 14.1. The minimum atomic E-state index is 0.0139. The Morgan fingerprint density at radius 3 is 2.33 bits per heavy atom. The van der Waals surface area contributed by atoms with E-state index in [1.165, 1.54) is 54.6 Å². The number of allylic oxidation sites excluding steroid dienone is 2. The van der Waals surface area contributed by atoms with E-state index < -0.39 is 0 Å². The van der Waals surface area contributed by atoms with Crippen molar-refractivity contribution in [2.75, 3.05) is 18.5 Å². The Hall–Kier alpha value is -2.84. The molecule has 0 radical (unpaired) electrons. The maximum atomic E-state index is 2.68. The molecule has 2 heteroatoms. The van der Waals surface area contributed by atoms with Gasteiger partial charge in [0.2, 0.25) is 0 Å². The van der Waals surface area contributed by atoms with Gasteiger partial charge in [-0.05, 0) is 55.4 Å². The maximum Gasteiger partial charge on any atom is 0.133 e. The highest BCUT2D eigenvalue weighted by molar-refractivity contribution is 5.71. The number of hydrogen-bond acceptors (Lipinski definition) is 1. The van der Waals surface area contributed by atoms with Gasteiger partial charge in [-0.1, -0.05) is 106 Å². The molecule has 1 fully saturated rings. The molecule has 3 aromatic carbocycles. The molecule has 188 valence electrons. The smallest absolute Gasteiger partial charge is 0.133 e. The summed E-state index contributed by atoms with van der Waals surface area (Å²) in [5.74, 6) is 0. The summed E-state index contributed by atoms with van der Waals surface area (Å²) in [6.07, 6.45) is 12.5. The molecule has 36 heavy (non-hydrogen) atoms. The molecule has 2 N–H and O–H groups in total. The third-order valence-corrected chi connectivity index (χ3v) is 8.75. The van der Waals surface area contributed by atoms with Crippen LogP contribution in [0, 0.1) is 0 Å². The second-order valence-electron chi connectivity index (χ2n) is 11.2. The van der Waals surface area contributed by atoms with E-state index in [0.29, 0.717) is 0 Å². The molecule has 1 spiro atoms. The Morgan fingerprint density at radius 2 is 1.58 bits per heavy atom. The normalized spacial score (nSPS) is 19.4. The van der Waals surface area contributed by atoms with Crippen molar-refractivity contribution in [3.8, 4) is 0 Å². The first-order valence-corrected chi connectivity index (χ1v) is 14.1. The highest BCUT2D eigenvalue weighted by Crippen LogP contribution is 2.55. The zero-order valence-corrected chi connectivity index (χ0v) is 22.5. The topological polar surface area (TPSA) is 19.9 Å². The second-order valence-corrected chi connectivity index (χ2v) is 11.2. The SMILES string of the molecule is CCCN1/C(=C/CC(C)(Cc2ccccc2)c2ccccc2[NH2+]C)C2(CCCCC2)c2ccccc21. The number of rotatable bonds is 8. The summed E-state index contributed by atoms with van der Waals surface area (Å²) in [7, 11) is 2.17. The average molecular weight is 480 g/mol. The highest BCUT2D eigenvalue weighted by Gasteiger charge is 2.47. The third-order valence-electron chi connectivity index (χ3n) is 8.75. The van der Waals surface area contributed by atoms with Crippen LogP contribution in [0.4, 0.5) is 11.4 Å². The third kappa shape index (κ3) is 4.52. The van der Waals surface area contributed by atoms with Crippen molar-refractivity contribution < 1.29 is 5.32 Å². The van der Waals surface area contributed by atoms with Gasteiger partial charge in [-0.2, -0.15) is 0 Å². The van der Waals surface area contributed by atoms with Gasteiger partial charge in [-0.15, -0.1) is 0 Å². The van der Waals surface area contributed by atoms with Crippen LogP contribution >= 0.6 is 0 Å². The molecule has 5 rings (SSSR count). The van der Waals surface area contributed by atoms with Crippen LogP contribution in [-0.2, 0) is 17.3 Å². The summed E-state index contributed by atoms with van der Waals surface area (Å²) in [6, 6.07) is 29.4. The van der Waals surface area contributed by atoms with Crippen LogP contribution in [0.3, 0.4) is 0 Å². The molecule has 1 heterocycles. The van der Waals surface area contributed by atoms with Gasteiger partial charge >= 0.3 is 0 Å². The minimum absolute atomic E-state index is 0.0139. The van der Waals surface area contributed by atoms with Crippen molar-refractivity contribution in [3.05, 3.63) is 107 Å². The molecule has 1 aliphatic carbocycles. The molecule has 3 aromatic rings.